The van der Waals surface area contributed by atoms with Gasteiger partial charge in [0.2, 0.25) is 0 Å². The molecule has 0 atom stereocenters. The van der Waals surface area contributed by atoms with Gasteiger partial charge < -0.3 is 5.32 Å². The maximum Gasteiger partial charge on any atom is 0.0723 e. The van der Waals surface area contributed by atoms with E-state index in [2.05, 4.69) is 58.0 Å². The number of benzene rings is 1. The molecule has 0 spiro atoms. The Hall–Kier alpha value is -0.840. The molecule has 2 rings (SSSR count). The van der Waals surface area contributed by atoms with Crippen LogP contribution in [0.25, 0.3) is 10.9 Å². The second-order valence-electron chi connectivity index (χ2n) is 3.05. The van der Waals surface area contributed by atoms with Crippen molar-refractivity contribution in [1.82, 2.24) is 4.98 Å². The first-order valence-electron chi connectivity index (χ1n) is 4.59. The predicted molar refractivity (Wildman–Crippen MR) is 68.6 cm³/mol. The zero-order valence-corrected chi connectivity index (χ0v) is 10.1. The highest BCUT2D eigenvalue weighted by atomic mass is 127. The van der Waals surface area contributed by atoms with E-state index in [1.165, 1.54) is 8.96 Å². The van der Waals surface area contributed by atoms with E-state index >= 15 is 0 Å². The molecule has 1 heterocycles. The van der Waals surface area contributed by atoms with Gasteiger partial charge in [-0.15, -0.1) is 0 Å². The van der Waals surface area contributed by atoms with E-state index in [1.54, 1.807) is 0 Å². The standard InChI is InChI=1S/C11H11IN2/c1-2-13-11-5-6-14-10-4-3-8(12)7-9(10)11/h3-7H,2H2,1H3,(H,13,14). The van der Waals surface area contributed by atoms with Gasteiger partial charge in [-0.25, -0.2) is 0 Å². The topological polar surface area (TPSA) is 24.9 Å². The van der Waals surface area contributed by atoms with Crippen LogP contribution in [0.15, 0.2) is 30.5 Å². The van der Waals surface area contributed by atoms with Gasteiger partial charge in [0.15, 0.2) is 0 Å². The van der Waals surface area contributed by atoms with Crippen LogP contribution < -0.4 is 5.32 Å². The maximum absolute atomic E-state index is 4.32. The van der Waals surface area contributed by atoms with Gasteiger partial charge in [0, 0.05) is 27.4 Å². The van der Waals surface area contributed by atoms with Crippen molar-refractivity contribution >= 4 is 39.2 Å². The summed E-state index contributed by atoms with van der Waals surface area (Å²) in [6.07, 6.45) is 1.84. The van der Waals surface area contributed by atoms with Crippen molar-refractivity contribution < 1.29 is 0 Å². The number of nitrogens with one attached hydrogen (secondary N) is 1. The van der Waals surface area contributed by atoms with Crippen molar-refractivity contribution in [2.45, 2.75) is 6.92 Å². The molecule has 0 amide bonds. The lowest BCUT2D eigenvalue weighted by Crippen LogP contribution is -1.97. The summed E-state index contributed by atoms with van der Waals surface area (Å²) in [5.74, 6) is 0. The Morgan fingerprint density at radius 1 is 1.36 bits per heavy atom. The molecule has 0 radical (unpaired) electrons. The molecule has 0 fully saturated rings. The largest absolute Gasteiger partial charge is 0.385 e. The monoisotopic (exact) mass is 298 g/mol. The third-order valence-electron chi connectivity index (χ3n) is 2.07. The van der Waals surface area contributed by atoms with Crippen LogP contribution in [-0.2, 0) is 0 Å². The minimum Gasteiger partial charge on any atom is -0.385 e. The summed E-state index contributed by atoms with van der Waals surface area (Å²) in [5, 5.41) is 4.53. The summed E-state index contributed by atoms with van der Waals surface area (Å²) in [6, 6.07) is 8.30. The number of anilines is 1. The Morgan fingerprint density at radius 2 is 2.21 bits per heavy atom. The van der Waals surface area contributed by atoms with Crippen molar-refractivity contribution in [3.8, 4) is 0 Å². The highest BCUT2D eigenvalue weighted by molar-refractivity contribution is 14.1. The lowest BCUT2D eigenvalue weighted by Gasteiger charge is -2.06. The normalized spacial score (nSPS) is 10.4. The van der Waals surface area contributed by atoms with Crippen molar-refractivity contribution in [2.24, 2.45) is 0 Å². The highest BCUT2D eigenvalue weighted by Gasteiger charge is 2.00. The fraction of sp³-hybridized carbons (Fsp3) is 0.182. The molecule has 3 heteroatoms. The van der Waals surface area contributed by atoms with E-state index in [-0.39, 0.29) is 0 Å². The van der Waals surface area contributed by atoms with Gasteiger partial charge in [0.25, 0.3) is 0 Å². The number of hydrogen-bond donors (Lipinski definition) is 1. The molecule has 1 N–H and O–H groups in total. The summed E-state index contributed by atoms with van der Waals surface area (Å²) in [7, 11) is 0. The molecule has 0 saturated heterocycles. The molecule has 0 aliphatic heterocycles. The number of aromatic nitrogens is 1. The van der Waals surface area contributed by atoms with Crippen molar-refractivity contribution in [2.75, 3.05) is 11.9 Å². The second-order valence-corrected chi connectivity index (χ2v) is 4.30. The van der Waals surface area contributed by atoms with Gasteiger partial charge in [-0.3, -0.25) is 4.98 Å². The number of hydrogen-bond acceptors (Lipinski definition) is 2. The Kier molecular flexibility index (Phi) is 2.86. The van der Waals surface area contributed by atoms with Crippen LogP contribution in [-0.4, -0.2) is 11.5 Å². The van der Waals surface area contributed by atoms with E-state index in [1.807, 2.05) is 12.3 Å². The van der Waals surface area contributed by atoms with Gasteiger partial charge in [0.1, 0.15) is 0 Å². The molecule has 0 aliphatic carbocycles. The van der Waals surface area contributed by atoms with Crippen LogP contribution in [0.2, 0.25) is 0 Å². The summed E-state index contributed by atoms with van der Waals surface area (Å²) < 4.78 is 1.24. The lowest BCUT2D eigenvalue weighted by molar-refractivity contribution is 1.21. The molecule has 2 aromatic rings. The first-order chi connectivity index (χ1) is 6.81. The van der Waals surface area contributed by atoms with Crippen LogP contribution in [0.4, 0.5) is 5.69 Å². The number of fused-ring (bicyclic) bond motifs is 1. The zero-order valence-electron chi connectivity index (χ0n) is 7.92. The van der Waals surface area contributed by atoms with E-state index in [9.17, 15) is 0 Å². The molecule has 0 saturated carbocycles. The Morgan fingerprint density at radius 3 is 3.00 bits per heavy atom. The Labute approximate surface area is 96.9 Å². The van der Waals surface area contributed by atoms with Crippen LogP contribution in [0, 0.1) is 3.57 Å². The van der Waals surface area contributed by atoms with Gasteiger partial charge in [-0.1, -0.05) is 0 Å². The molecule has 1 aromatic heterocycles. The fourth-order valence-corrected chi connectivity index (χ4v) is 1.95. The van der Waals surface area contributed by atoms with Gasteiger partial charge >= 0.3 is 0 Å². The van der Waals surface area contributed by atoms with E-state index in [4.69, 9.17) is 0 Å². The number of rotatable bonds is 2. The SMILES string of the molecule is CCNc1ccnc2ccc(I)cc12. The maximum atomic E-state index is 4.32. The van der Waals surface area contributed by atoms with Crippen molar-refractivity contribution in [1.29, 1.82) is 0 Å². The first-order valence-corrected chi connectivity index (χ1v) is 5.67. The van der Waals surface area contributed by atoms with Crippen molar-refractivity contribution in [3.05, 3.63) is 34.0 Å². The van der Waals surface area contributed by atoms with Crippen LogP contribution in [0.5, 0.6) is 0 Å². The van der Waals surface area contributed by atoms with E-state index in [0.29, 0.717) is 0 Å². The molecular formula is C11H11IN2. The molecule has 1 aromatic carbocycles. The van der Waals surface area contributed by atoms with Gasteiger partial charge in [0.05, 0.1) is 5.52 Å². The first kappa shape index (κ1) is 9.71. The Bertz CT molecular complexity index is 454. The Balaban J connectivity index is 2.64. The van der Waals surface area contributed by atoms with Gasteiger partial charge in [-0.05, 0) is 53.8 Å². The molecule has 0 bridgehead atoms. The highest BCUT2D eigenvalue weighted by Crippen LogP contribution is 2.23. The summed E-state index contributed by atoms with van der Waals surface area (Å²) in [5.41, 5.74) is 2.21. The minimum atomic E-state index is 0.935. The van der Waals surface area contributed by atoms with E-state index < -0.39 is 0 Å². The third kappa shape index (κ3) is 1.82. The van der Waals surface area contributed by atoms with Crippen LogP contribution in [0.3, 0.4) is 0 Å². The minimum absolute atomic E-state index is 0.935. The number of nitrogens with zero attached hydrogens (tertiary/aromatic N) is 1. The average Bonchev–Trinajstić information content (AvgIpc) is 2.19. The molecule has 0 unspecified atom stereocenters. The number of pyridine rings is 1. The third-order valence-corrected chi connectivity index (χ3v) is 2.74. The smallest absolute Gasteiger partial charge is 0.0723 e. The predicted octanol–water partition coefficient (Wildman–Crippen LogP) is 3.27. The van der Waals surface area contributed by atoms with Crippen molar-refractivity contribution in [3.63, 3.8) is 0 Å². The van der Waals surface area contributed by atoms with Crippen LogP contribution in [0.1, 0.15) is 6.92 Å². The average molecular weight is 298 g/mol. The molecule has 2 nitrogen and oxygen atoms in total. The summed E-state index contributed by atoms with van der Waals surface area (Å²) >= 11 is 2.32. The van der Waals surface area contributed by atoms with Crippen LogP contribution >= 0.6 is 22.6 Å². The summed E-state index contributed by atoms with van der Waals surface area (Å²) in [4.78, 5) is 4.32. The summed E-state index contributed by atoms with van der Waals surface area (Å²) in [6.45, 7) is 3.03. The quantitative estimate of drug-likeness (QED) is 0.861. The molecule has 72 valence electrons. The lowest BCUT2D eigenvalue weighted by atomic mass is 10.2. The number of halogens is 1. The van der Waals surface area contributed by atoms with E-state index in [0.717, 1.165) is 17.7 Å². The molecule has 0 aliphatic rings. The molecular weight excluding hydrogens is 287 g/mol. The second kappa shape index (κ2) is 4.13. The molecule has 14 heavy (non-hydrogen) atoms. The van der Waals surface area contributed by atoms with Gasteiger partial charge in [-0.2, -0.15) is 0 Å². The fourth-order valence-electron chi connectivity index (χ4n) is 1.46. The zero-order chi connectivity index (χ0) is 9.97.